The molecule has 104 valence electrons. The zero-order valence-corrected chi connectivity index (χ0v) is 9.94. The summed E-state index contributed by atoms with van der Waals surface area (Å²) in [5.74, 6) is -2.39. The molecule has 0 bridgehead atoms. The summed E-state index contributed by atoms with van der Waals surface area (Å²) in [6.07, 6.45) is -4.38. The quantitative estimate of drug-likeness (QED) is 0.840. The Bertz CT molecular complexity index is 460. The number of hydrogen-bond donors (Lipinski definition) is 2. The average Bonchev–Trinajstić information content (AvgIpc) is 2.33. The molecule has 2 heterocycles. The Morgan fingerprint density at radius 3 is 2.68 bits per heavy atom. The second-order valence-electron chi connectivity index (χ2n) is 4.57. The molecule has 0 saturated carbocycles. The van der Waals surface area contributed by atoms with E-state index in [9.17, 15) is 18.0 Å². The van der Waals surface area contributed by atoms with Gasteiger partial charge in [0, 0.05) is 18.9 Å². The predicted molar refractivity (Wildman–Crippen MR) is 60.8 cm³/mol. The fraction of sp³-hybridized carbons (Fsp3) is 0.545. The third-order valence-electron chi connectivity index (χ3n) is 3.12. The van der Waals surface area contributed by atoms with Gasteiger partial charge in [0.1, 0.15) is 5.82 Å². The summed E-state index contributed by atoms with van der Waals surface area (Å²) < 4.78 is 37.9. The van der Waals surface area contributed by atoms with E-state index < -0.39 is 18.0 Å². The van der Waals surface area contributed by atoms with Gasteiger partial charge >= 0.3 is 6.18 Å². The summed E-state index contributed by atoms with van der Waals surface area (Å²) in [5, 5.41) is 9.66. The summed E-state index contributed by atoms with van der Waals surface area (Å²) in [4.78, 5) is 11.6. The minimum atomic E-state index is -4.29. The molecular weight excluding hydrogens is 261 g/mol. The van der Waals surface area contributed by atoms with Gasteiger partial charge in [-0.3, -0.25) is 4.79 Å². The lowest BCUT2D eigenvalue weighted by molar-refractivity contribution is -0.183. The molecule has 1 saturated heterocycles. The molecule has 1 aromatic heterocycles. The molecule has 1 amide bonds. The number of nitrogen functional groups attached to an aromatic ring is 1. The smallest absolute Gasteiger partial charge is 0.382 e. The van der Waals surface area contributed by atoms with Crippen molar-refractivity contribution in [2.45, 2.75) is 19.0 Å². The molecule has 0 aromatic carbocycles. The number of rotatable bonds is 2. The summed E-state index contributed by atoms with van der Waals surface area (Å²) in [7, 11) is 0. The molecule has 2 atom stereocenters. The van der Waals surface area contributed by atoms with E-state index in [-0.39, 0.29) is 31.1 Å². The van der Waals surface area contributed by atoms with E-state index >= 15 is 0 Å². The molecule has 1 aliphatic rings. The van der Waals surface area contributed by atoms with Gasteiger partial charge in [-0.1, -0.05) is 0 Å². The largest absolute Gasteiger partial charge is 0.393 e. The molecule has 0 spiro atoms. The minimum absolute atomic E-state index is 0.131. The highest BCUT2D eigenvalue weighted by atomic mass is 19.4. The first-order chi connectivity index (χ1) is 8.86. The van der Waals surface area contributed by atoms with Crippen molar-refractivity contribution in [3.63, 3.8) is 0 Å². The molecule has 1 aliphatic heterocycles. The highest BCUT2D eigenvalue weighted by molar-refractivity contribution is 5.79. The van der Waals surface area contributed by atoms with E-state index in [0.717, 1.165) is 0 Å². The fourth-order valence-corrected chi connectivity index (χ4v) is 2.06. The number of anilines is 1. The topological polar surface area (TPSA) is 80.9 Å². The van der Waals surface area contributed by atoms with Gasteiger partial charge < -0.3 is 11.1 Å². The Kier molecular flexibility index (Phi) is 3.59. The van der Waals surface area contributed by atoms with Crippen LogP contribution in [0, 0.1) is 11.8 Å². The number of nitrogens with zero attached hydrogens (tertiary/aromatic N) is 2. The van der Waals surface area contributed by atoms with Crippen LogP contribution >= 0.6 is 0 Å². The van der Waals surface area contributed by atoms with Gasteiger partial charge in [0.15, 0.2) is 0 Å². The van der Waals surface area contributed by atoms with Crippen LogP contribution in [0.3, 0.4) is 0 Å². The van der Waals surface area contributed by atoms with Crippen molar-refractivity contribution in [3.05, 3.63) is 17.8 Å². The third kappa shape index (κ3) is 3.33. The SMILES string of the molecule is Nc1ccc(CC2C[C@@H](C(F)(F)F)CNC2=O)nn1. The summed E-state index contributed by atoms with van der Waals surface area (Å²) >= 11 is 0. The van der Waals surface area contributed by atoms with Crippen LogP contribution in [0.1, 0.15) is 12.1 Å². The molecule has 1 aromatic rings. The fourth-order valence-electron chi connectivity index (χ4n) is 2.06. The van der Waals surface area contributed by atoms with E-state index in [0.29, 0.717) is 5.69 Å². The number of carbonyl (C=O) groups is 1. The van der Waals surface area contributed by atoms with Crippen LogP contribution in [-0.2, 0) is 11.2 Å². The summed E-state index contributed by atoms with van der Waals surface area (Å²) in [6.45, 7) is -0.355. The van der Waals surface area contributed by atoms with E-state index in [1.165, 1.54) is 6.07 Å². The summed E-state index contributed by atoms with van der Waals surface area (Å²) in [5.41, 5.74) is 5.82. The van der Waals surface area contributed by atoms with Crippen molar-refractivity contribution >= 4 is 11.7 Å². The van der Waals surface area contributed by atoms with Crippen molar-refractivity contribution in [2.75, 3.05) is 12.3 Å². The Morgan fingerprint density at radius 2 is 2.11 bits per heavy atom. The van der Waals surface area contributed by atoms with Gasteiger partial charge in [-0.25, -0.2) is 0 Å². The van der Waals surface area contributed by atoms with Crippen LogP contribution in [0.15, 0.2) is 12.1 Å². The van der Waals surface area contributed by atoms with Gasteiger partial charge in [-0.2, -0.15) is 18.3 Å². The van der Waals surface area contributed by atoms with Crippen molar-refractivity contribution in [2.24, 2.45) is 11.8 Å². The molecular formula is C11H13F3N4O. The summed E-state index contributed by atoms with van der Waals surface area (Å²) in [6, 6.07) is 3.07. The average molecular weight is 274 g/mol. The lowest BCUT2D eigenvalue weighted by Crippen LogP contribution is -2.47. The lowest BCUT2D eigenvalue weighted by Gasteiger charge is -2.30. The molecule has 1 fully saturated rings. The van der Waals surface area contributed by atoms with Crippen LogP contribution in [0.25, 0.3) is 0 Å². The van der Waals surface area contributed by atoms with Gasteiger partial charge in [0.05, 0.1) is 11.6 Å². The van der Waals surface area contributed by atoms with Crippen molar-refractivity contribution in [1.29, 1.82) is 0 Å². The highest BCUT2D eigenvalue weighted by Gasteiger charge is 2.44. The predicted octanol–water partition coefficient (Wildman–Crippen LogP) is 0.916. The first kappa shape index (κ1) is 13.6. The van der Waals surface area contributed by atoms with Crippen LogP contribution in [0.2, 0.25) is 0 Å². The number of nitrogens with one attached hydrogen (secondary N) is 1. The lowest BCUT2D eigenvalue weighted by atomic mass is 9.86. The van der Waals surface area contributed by atoms with Gasteiger partial charge in [0.2, 0.25) is 5.91 Å². The number of amides is 1. The Labute approximate surface area is 107 Å². The number of piperidine rings is 1. The van der Waals surface area contributed by atoms with Gasteiger partial charge in [-0.05, 0) is 18.6 Å². The van der Waals surface area contributed by atoms with Crippen molar-refractivity contribution < 1.29 is 18.0 Å². The maximum atomic E-state index is 12.6. The van der Waals surface area contributed by atoms with Crippen molar-refractivity contribution in [3.8, 4) is 0 Å². The minimum Gasteiger partial charge on any atom is -0.382 e. The third-order valence-corrected chi connectivity index (χ3v) is 3.12. The number of carbonyl (C=O) groups excluding carboxylic acids is 1. The Morgan fingerprint density at radius 1 is 1.37 bits per heavy atom. The molecule has 0 aliphatic carbocycles. The number of alkyl halides is 3. The van der Waals surface area contributed by atoms with Gasteiger partial charge in [-0.15, -0.1) is 5.10 Å². The normalized spacial score (nSPS) is 24.1. The molecule has 19 heavy (non-hydrogen) atoms. The zero-order chi connectivity index (χ0) is 14.0. The van der Waals surface area contributed by atoms with E-state index in [1.807, 2.05) is 0 Å². The number of aromatic nitrogens is 2. The first-order valence-electron chi connectivity index (χ1n) is 5.79. The van der Waals surface area contributed by atoms with Crippen molar-refractivity contribution in [1.82, 2.24) is 15.5 Å². The Hall–Kier alpha value is -1.86. The second-order valence-corrected chi connectivity index (χ2v) is 4.57. The number of nitrogens with two attached hydrogens (primary N) is 1. The number of hydrogen-bond acceptors (Lipinski definition) is 4. The van der Waals surface area contributed by atoms with Crippen LogP contribution in [0.5, 0.6) is 0 Å². The molecule has 2 rings (SSSR count). The van der Waals surface area contributed by atoms with Crippen LogP contribution in [0.4, 0.5) is 19.0 Å². The maximum Gasteiger partial charge on any atom is 0.393 e. The second kappa shape index (κ2) is 5.02. The van der Waals surface area contributed by atoms with Crippen LogP contribution < -0.4 is 11.1 Å². The first-order valence-corrected chi connectivity index (χ1v) is 5.79. The zero-order valence-electron chi connectivity index (χ0n) is 9.94. The molecule has 1 unspecified atom stereocenters. The monoisotopic (exact) mass is 274 g/mol. The van der Waals surface area contributed by atoms with Gasteiger partial charge in [0.25, 0.3) is 0 Å². The van der Waals surface area contributed by atoms with E-state index in [4.69, 9.17) is 5.73 Å². The Balaban J connectivity index is 2.05. The number of halogens is 3. The van der Waals surface area contributed by atoms with E-state index in [2.05, 4.69) is 15.5 Å². The highest BCUT2D eigenvalue weighted by Crippen LogP contribution is 2.34. The maximum absolute atomic E-state index is 12.6. The molecule has 3 N–H and O–H groups in total. The van der Waals surface area contributed by atoms with Crippen LogP contribution in [-0.4, -0.2) is 28.8 Å². The standard InChI is InChI=1S/C11H13F3N4O/c12-11(13,14)7-3-6(10(19)16-5-7)4-8-1-2-9(15)18-17-8/h1-2,6-7H,3-5H2,(H2,15,18)(H,16,19)/t6?,7-/m1/s1. The molecule has 0 radical (unpaired) electrons. The van der Waals surface area contributed by atoms with E-state index in [1.54, 1.807) is 6.07 Å². The molecule has 8 heteroatoms. The molecule has 5 nitrogen and oxygen atoms in total.